The summed E-state index contributed by atoms with van der Waals surface area (Å²) in [6.45, 7) is 7.17. The average molecular weight is 273 g/mol. The SMILES string of the molecule is CCC(C)(C)OC(C)(N)O.COP(=O)(O)OC. The molecule has 1 atom stereocenters. The average Bonchev–Trinajstić information content (AvgIpc) is 2.15. The third-order valence-electron chi connectivity index (χ3n) is 1.80. The van der Waals surface area contributed by atoms with Gasteiger partial charge < -0.3 is 14.7 Å². The maximum atomic E-state index is 10.1. The van der Waals surface area contributed by atoms with Crippen molar-refractivity contribution in [2.75, 3.05) is 14.2 Å². The van der Waals surface area contributed by atoms with Gasteiger partial charge in [0.2, 0.25) is 5.91 Å². The number of ether oxygens (including phenoxy) is 1. The largest absolute Gasteiger partial charge is 0.471 e. The molecule has 0 bridgehead atoms. The van der Waals surface area contributed by atoms with E-state index < -0.39 is 13.7 Å². The molecule has 0 rings (SSSR count). The van der Waals surface area contributed by atoms with Crippen LogP contribution in [0.15, 0.2) is 0 Å². The van der Waals surface area contributed by atoms with Crippen molar-refractivity contribution in [3.05, 3.63) is 0 Å². The lowest BCUT2D eigenvalue weighted by Crippen LogP contribution is -2.45. The van der Waals surface area contributed by atoms with E-state index in [1.807, 2.05) is 20.8 Å². The van der Waals surface area contributed by atoms with E-state index in [2.05, 4.69) is 9.05 Å². The summed E-state index contributed by atoms with van der Waals surface area (Å²) in [5.74, 6) is -1.51. The molecule has 0 aliphatic heterocycles. The number of rotatable bonds is 5. The molecule has 0 fully saturated rings. The molecule has 1 unspecified atom stereocenters. The first-order chi connectivity index (χ1) is 7.39. The second-order valence-electron chi connectivity index (χ2n) is 4.10. The summed E-state index contributed by atoms with van der Waals surface area (Å²) in [6, 6.07) is 0. The minimum atomic E-state index is -3.65. The van der Waals surface area contributed by atoms with Crippen LogP contribution < -0.4 is 5.73 Å². The number of hydrogen-bond acceptors (Lipinski definition) is 6. The fourth-order valence-electron chi connectivity index (χ4n) is 0.706. The third-order valence-corrected chi connectivity index (χ3v) is 2.72. The van der Waals surface area contributed by atoms with Crippen molar-refractivity contribution < 1.29 is 28.3 Å². The van der Waals surface area contributed by atoms with Gasteiger partial charge in [0.1, 0.15) is 0 Å². The molecule has 0 aromatic carbocycles. The Balaban J connectivity index is 0. The van der Waals surface area contributed by atoms with Gasteiger partial charge in [0.15, 0.2) is 0 Å². The van der Waals surface area contributed by atoms with Gasteiger partial charge in [0, 0.05) is 21.1 Å². The van der Waals surface area contributed by atoms with Crippen LogP contribution in [-0.2, 0) is 18.3 Å². The van der Waals surface area contributed by atoms with Crippen molar-refractivity contribution in [2.24, 2.45) is 5.73 Å². The minimum Gasteiger partial charge on any atom is -0.354 e. The predicted octanol–water partition coefficient (Wildman–Crippen LogP) is 1.20. The molecule has 7 nitrogen and oxygen atoms in total. The summed E-state index contributed by atoms with van der Waals surface area (Å²) in [5.41, 5.74) is 4.88. The van der Waals surface area contributed by atoms with Gasteiger partial charge in [-0.25, -0.2) is 4.57 Å². The topological polar surface area (TPSA) is 111 Å². The fraction of sp³-hybridized carbons (Fsp3) is 1.00. The summed E-state index contributed by atoms with van der Waals surface area (Å²) in [6.07, 6.45) is 0.820. The van der Waals surface area contributed by atoms with Crippen LogP contribution in [0.25, 0.3) is 0 Å². The second-order valence-corrected chi connectivity index (χ2v) is 5.77. The molecule has 0 saturated heterocycles. The summed E-state index contributed by atoms with van der Waals surface area (Å²) < 4.78 is 23.1. The summed E-state index contributed by atoms with van der Waals surface area (Å²) in [5, 5.41) is 9.04. The van der Waals surface area contributed by atoms with E-state index in [-0.39, 0.29) is 5.60 Å². The van der Waals surface area contributed by atoms with Crippen LogP contribution in [0.3, 0.4) is 0 Å². The van der Waals surface area contributed by atoms with E-state index in [0.29, 0.717) is 0 Å². The first-order valence-electron chi connectivity index (χ1n) is 5.05. The number of phosphoric acid groups is 1. The fourth-order valence-corrected chi connectivity index (χ4v) is 0.855. The smallest absolute Gasteiger partial charge is 0.354 e. The molecule has 106 valence electrons. The van der Waals surface area contributed by atoms with E-state index in [9.17, 15) is 4.57 Å². The van der Waals surface area contributed by atoms with Crippen molar-refractivity contribution in [1.82, 2.24) is 0 Å². The van der Waals surface area contributed by atoms with Crippen LogP contribution in [0.1, 0.15) is 34.1 Å². The van der Waals surface area contributed by atoms with Crippen molar-refractivity contribution in [3.8, 4) is 0 Å². The number of phosphoric ester groups is 1. The number of aliphatic hydroxyl groups is 1. The van der Waals surface area contributed by atoms with E-state index in [1.54, 1.807) is 0 Å². The van der Waals surface area contributed by atoms with Gasteiger partial charge in [-0.05, 0) is 20.3 Å². The van der Waals surface area contributed by atoms with Crippen LogP contribution in [0.5, 0.6) is 0 Å². The molecule has 0 saturated carbocycles. The van der Waals surface area contributed by atoms with Crippen LogP contribution in [0.2, 0.25) is 0 Å². The molecule has 0 spiro atoms. The molecule has 0 aromatic rings. The molecule has 0 heterocycles. The monoisotopic (exact) mass is 273 g/mol. The highest BCUT2D eigenvalue weighted by molar-refractivity contribution is 7.47. The first kappa shape index (κ1) is 19.3. The van der Waals surface area contributed by atoms with Gasteiger partial charge in [0.05, 0.1) is 5.60 Å². The van der Waals surface area contributed by atoms with Gasteiger partial charge >= 0.3 is 7.82 Å². The molecule has 0 amide bonds. The highest BCUT2D eigenvalue weighted by atomic mass is 31.2. The summed E-state index contributed by atoms with van der Waals surface area (Å²) >= 11 is 0. The lowest BCUT2D eigenvalue weighted by Gasteiger charge is -2.30. The van der Waals surface area contributed by atoms with Crippen LogP contribution in [0, 0.1) is 0 Å². The summed E-state index contributed by atoms with van der Waals surface area (Å²) in [7, 11) is -1.45. The van der Waals surface area contributed by atoms with Crippen LogP contribution in [0.4, 0.5) is 0 Å². The molecule has 0 aliphatic rings. The van der Waals surface area contributed by atoms with Crippen LogP contribution in [-0.4, -0.2) is 35.7 Å². The Bertz CT molecular complexity index is 242. The Kier molecular flexibility index (Phi) is 8.45. The standard InChI is InChI=1S/C7H17NO2.C2H7O4P/c1-5-6(2,3)10-7(4,8)9;1-5-7(3,4)6-2/h9H,5,8H2,1-4H3;1-2H3,(H,3,4). The van der Waals surface area contributed by atoms with Crippen molar-refractivity contribution in [1.29, 1.82) is 0 Å². The zero-order chi connectivity index (χ0) is 14.3. The second kappa shape index (κ2) is 7.43. The molecule has 4 N–H and O–H groups in total. The molecule has 0 aliphatic carbocycles. The Morgan fingerprint density at radius 2 is 1.59 bits per heavy atom. The normalized spacial score (nSPS) is 15.8. The zero-order valence-corrected chi connectivity index (χ0v) is 12.2. The third kappa shape index (κ3) is 13.9. The molecular weight excluding hydrogens is 249 g/mol. The van der Waals surface area contributed by atoms with Gasteiger partial charge in [-0.15, -0.1) is 0 Å². The van der Waals surface area contributed by atoms with E-state index >= 15 is 0 Å². The predicted molar refractivity (Wildman–Crippen MR) is 64.1 cm³/mol. The molecule has 0 radical (unpaired) electrons. The quantitative estimate of drug-likeness (QED) is 0.509. The van der Waals surface area contributed by atoms with E-state index in [4.69, 9.17) is 20.5 Å². The van der Waals surface area contributed by atoms with Crippen molar-refractivity contribution in [3.63, 3.8) is 0 Å². The van der Waals surface area contributed by atoms with Gasteiger partial charge in [-0.2, -0.15) is 0 Å². The Morgan fingerprint density at radius 1 is 1.24 bits per heavy atom. The lowest BCUT2D eigenvalue weighted by molar-refractivity contribution is -0.243. The Labute approximate surface area is 102 Å². The lowest BCUT2D eigenvalue weighted by atomic mass is 10.1. The minimum absolute atomic E-state index is 0.349. The maximum absolute atomic E-state index is 10.1. The highest BCUT2D eigenvalue weighted by Gasteiger charge is 2.25. The van der Waals surface area contributed by atoms with Crippen molar-refractivity contribution in [2.45, 2.75) is 45.6 Å². The first-order valence-corrected chi connectivity index (χ1v) is 6.54. The zero-order valence-electron chi connectivity index (χ0n) is 11.3. The van der Waals surface area contributed by atoms with Crippen molar-refractivity contribution >= 4 is 7.82 Å². The number of hydrogen-bond donors (Lipinski definition) is 3. The van der Waals surface area contributed by atoms with E-state index in [0.717, 1.165) is 20.6 Å². The Morgan fingerprint density at radius 3 is 1.65 bits per heavy atom. The Hall–Kier alpha value is -0.0100. The van der Waals surface area contributed by atoms with E-state index in [1.165, 1.54) is 6.92 Å². The molecule has 8 heteroatoms. The molecule has 17 heavy (non-hydrogen) atoms. The molecule has 0 aromatic heterocycles. The van der Waals surface area contributed by atoms with Crippen LogP contribution >= 0.6 is 7.82 Å². The van der Waals surface area contributed by atoms with Gasteiger partial charge in [-0.1, -0.05) is 6.92 Å². The maximum Gasteiger partial charge on any atom is 0.471 e. The van der Waals surface area contributed by atoms with Gasteiger partial charge in [0.25, 0.3) is 0 Å². The summed E-state index contributed by atoms with van der Waals surface area (Å²) in [4.78, 5) is 8.24. The highest BCUT2D eigenvalue weighted by Crippen LogP contribution is 2.40. The number of nitrogens with two attached hydrogens (primary N) is 1. The molecular formula is C9H24NO6P. The van der Waals surface area contributed by atoms with Gasteiger partial charge in [-0.3, -0.25) is 14.8 Å².